The minimum atomic E-state index is 0.129. The SMILES string of the molecule is OCC(CNCc1cccc(O)c1)Cc1ccccn1. The fourth-order valence-corrected chi connectivity index (χ4v) is 2.10. The maximum Gasteiger partial charge on any atom is 0.115 e. The molecular formula is C16H20N2O2. The number of aliphatic hydroxyl groups is 1. The summed E-state index contributed by atoms with van der Waals surface area (Å²) in [5, 5.41) is 22.1. The third-order valence-electron chi connectivity index (χ3n) is 3.15. The first-order chi connectivity index (χ1) is 9.78. The molecule has 106 valence electrons. The van der Waals surface area contributed by atoms with Gasteiger partial charge in [-0.2, -0.15) is 0 Å². The Hall–Kier alpha value is -1.91. The molecule has 0 amide bonds. The van der Waals surface area contributed by atoms with Gasteiger partial charge in [-0.05, 0) is 42.2 Å². The topological polar surface area (TPSA) is 65.4 Å². The van der Waals surface area contributed by atoms with Crippen LogP contribution in [-0.4, -0.2) is 28.3 Å². The van der Waals surface area contributed by atoms with Crippen molar-refractivity contribution in [3.63, 3.8) is 0 Å². The number of aromatic hydroxyl groups is 1. The first-order valence-electron chi connectivity index (χ1n) is 6.77. The molecule has 0 radical (unpaired) electrons. The molecule has 1 aromatic carbocycles. The minimum Gasteiger partial charge on any atom is -0.508 e. The molecule has 0 aliphatic carbocycles. The van der Waals surface area contributed by atoms with Gasteiger partial charge < -0.3 is 15.5 Å². The molecule has 4 nitrogen and oxygen atoms in total. The third-order valence-corrected chi connectivity index (χ3v) is 3.15. The number of rotatable bonds is 7. The Morgan fingerprint density at radius 3 is 2.75 bits per heavy atom. The Balaban J connectivity index is 1.79. The lowest BCUT2D eigenvalue weighted by Crippen LogP contribution is -2.26. The van der Waals surface area contributed by atoms with E-state index in [1.165, 1.54) is 0 Å². The van der Waals surface area contributed by atoms with Gasteiger partial charge in [-0.1, -0.05) is 18.2 Å². The summed E-state index contributed by atoms with van der Waals surface area (Å²) in [5.41, 5.74) is 2.02. The molecule has 20 heavy (non-hydrogen) atoms. The van der Waals surface area contributed by atoms with Crippen molar-refractivity contribution < 1.29 is 10.2 Å². The molecule has 1 atom stereocenters. The highest BCUT2D eigenvalue weighted by Crippen LogP contribution is 2.11. The Morgan fingerprint density at radius 2 is 2.05 bits per heavy atom. The molecule has 4 heteroatoms. The molecule has 2 aromatic rings. The number of aromatic nitrogens is 1. The zero-order chi connectivity index (χ0) is 14.2. The largest absolute Gasteiger partial charge is 0.508 e. The van der Waals surface area contributed by atoms with Gasteiger partial charge in [0, 0.05) is 31.6 Å². The lowest BCUT2D eigenvalue weighted by Gasteiger charge is -2.14. The van der Waals surface area contributed by atoms with Crippen molar-refractivity contribution in [1.29, 1.82) is 0 Å². The standard InChI is InChI=1S/C16H20N2O2/c19-12-14(8-15-5-1-2-7-18-15)11-17-10-13-4-3-6-16(20)9-13/h1-7,9,14,17,19-20H,8,10-12H2. The van der Waals surface area contributed by atoms with Gasteiger partial charge in [0.15, 0.2) is 0 Å². The molecule has 1 unspecified atom stereocenters. The number of phenols is 1. The van der Waals surface area contributed by atoms with E-state index in [0.29, 0.717) is 13.1 Å². The van der Waals surface area contributed by atoms with Gasteiger partial charge in [0.1, 0.15) is 5.75 Å². The van der Waals surface area contributed by atoms with Crippen molar-refractivity contribution >= 4 is 0 Å². The summed E-state index contributed by atoms with van der Waals surface area (Å²) in [7, 11) is 0. The molecule has 2 rings (SSSR count). The molecule has 0 bridgehead atoms. The summed E-state index contributed by atoms with van der Waals surface area (Å²) in [6.45, 7) is 1.51. The summed E-state index contributed by atoms with van der Waals surface area (Å²) < 4.78 is 0. The monoisotopic (exact) mass is 272 g/mol. The smallest absolute Gasteiger partial charge is 0.115 e. The Labute approximate surface area is 119 Å². The number of phenolic OH excluding ortho intramolecular Hbond substituents is 1. The summed E-state index contributed by atoms with van der Waals surface area (Å²) in [4.78, 5) is 4.27. The fraction of sp³-hybridized carbons (Fsp3) is 0.312. The van der Waals surface area contributed by atoms with Crippen molar-refractivity contribution in [3.05, 3.63) is 59.9 Å². The van der Waals surface area contributed by atoms with E-state index in [0.717, 1.165) is 17.7 Å². The second kappa shape index (κ2) is 7.62. The Bertz CT molecular complexity index is 517. The van der Waals surface area contributed by atoms with Crippen LogP contribution in [0.3, 0.4) is 0 Å². The molecule has 1 aromatic heterocycles. The highest BCUT2D eigenvalue weighted by Gasteiger charge is 2.09. The summed E-state index contributed by atoms with van der Waals surface area (Å²) in [6, 6.07) is 13.0. The second-order valence-electron chi connectivity index (χ2n) is 4.87. The number of hydrogen-bond donors (Lipinski definition) is 3. The van der Waals surface area contributed by atoms with Crippen molar-refractivity contribution in [1.82, 2.24) is 10.3 Å². The number of benzene rings is 1. The van der Waals surface area contributed by atoms with Crippen LogP contribution in [0.4, 0.5) is 0 Å². The van der Waals surface area contributed by atoms with Crippen LogP contribution < -0.4 is 5.32 Å². The van der Waals surface area contributed by atoms with Gasteiger partial charge in [0.05, 0.1) is 0 Å². The van der Waals surface area contributed by atoms with E-state index in [1.807, 2.05) is 30.3 Å². The lowest BCUT2D eigenvalue weighted by molar-refractivity contribution is 0.220. The molecule has 0 saturated carbocycles. The van der Waals surface area contributed by atoms with E-state index in [9.17, 15) is 10.2 Å². The molecule has 0 aliphatic heterocycles. The van der Waals surface area contributed by atoms with Crippen LogP contribution in [0.15, 0.2) is 48.7 Å². The summed E-state index contributed by atoms with van der Waals surface area (Å²) in [5.74, 6) is 0.415. The number of aliphatic hydroxyl groups excluding tert-OH is 1. The fourth-order valence-electron chi connectivity index (χ4n) is 2.10. The first-order valence-corrected chi connectivity index (χ1v) is 6.77. The van der Waals surface area contributed by atoms with Gasteiger partial charge in [-0.15, -0.1) is 0 Å². The van der Waals surface area contributed by atoms with Gasteiger partial charge in [0.25, 0.3) is 0 Å². The maximum absolute atomic E-state index is 9.42. The van der Waals surface area contributed by atoms with E-state index < -0.39 is 0 Å². The second-order valence-corrected chi connectivity index (χ2v) is 4.87. The van der Waals surface area contributed by atoms with Gasteiger partial charge in [-0.3, -0.25) is 4.98 Å². The van der Waals surface area contributed by atoms with Crippen LogP contribution in [0, 0.1) is 5.92 Å². The van der Waals surface area contributed by atoms with Crippen LogP contribution in [0.1, 0.15) is 11.3 Å². The van der Waals surface area contributed by atoms with E-state index in [1.54, 1.807) is 18.3 Å². The van der Waals surface area contributed by atoms with Crippen LogP contribution in [-0.2, 0) is 13.0 Å². The molecular weight excluding hydrogens is 252 g/mol. The quantitative estimate of drug-likeness (QED) is 0.718. The number of pyridine rings is 1. The number of nitrogens with one attached hydrogen (secondary N) is 1. The van der Waals surface area contributed by atoms with Crippen molar-refractivity contribution in [2.24, 2.45) is 5.92 Å². The normalized spacial score (nSPS) is 12.2. The number of hydrogen-bond acceptors (Lipinski definition) is 4. The number of nitrogens with zero attached hydrogens (tertiary/aromatic N) is 1. The van der Waals surface area contributed by atoms with Crippen LogP contribution in [0.2, 0.25) is 0 Å². The summed E-state index contributed by atoms with van der Waals surface area (Å²) >= 11 is 0. The maximum atomic E-state index is 9.42. The Morgan fingerprint density at radius 1 is 1.15 bits per heavy atom. The van der Waals surface area contributed by atoms with Gasteiger partial charge >= 0.3 is 0 Å². The molecule has 1 heterocycles. The van der Waals surface area contributed by atoms with Crippen LogP contribution in [0.25, 0.3) is 0 Å². The van der Waals surface area contributed by atoms with E-state index in [4.69, 9.17) is 0 Å². The van der Waals surface area contributed by atoms with Crippen LogP contribution in [0.5, 0.6) is 5.75 Å². The molecule has 0 saturated heterocycles. The first kappa shape index (κ1) is 14.5. The van der Waals surface area contributed by atoms with Gasteiger partial charge in [0.2, 0.25) is 0 Å². The zero-order valence-electron chi connectivity index (χ0n) is 11.4. The van der Waals surface area contributed by atoms with E-state index in [-0.39, 0.29) is 18.3 Å². The predicted molar refractivity (Wildman–Crippen MR) is 78.3 cm³/mol. The average Bonchev–Trinajstić information content (AvgIpc) is 2.47. The average molecular weight is 272 g/mol. The van der Waals surface area contributed by atoms with Crippen molar-refractivity contribution in [2.45, 2.75) is 13.0 Å². The molecule has 3 N–H and O–H groups in total. The Kier molecular flexibility index (Phi) is 5.53. The highest BCUT2D eigenvalue weighted by molar-refractivity contribution is 5.26. The predicted octanol–water partition coefficient (Wildman–Crippen LogP) is 1.73. The van der Waals surface area contributed by atoms with Gasteiger partial charge in [-0.25, -0.2) is 0 Å². The molecule has 0 aliphatic rings. The highest BCUT2D eigenvalue weighted by atomic mass is 16.3. The van der Waals surface area contributed by atoms with Crippen molar-refractivity contribution in [3.8, 4) is 5.75 Å². The molecule has 0 fully saturated rings. The summed E-state index contributed by atoms with van der Waals surface area (Å²) in [6.07, 6.45) is 2.52. The van der Waals surface area contributed by atoms with E-state index >= 15 is 0 Å². The van der Waals surface area contributed by atoms with Crippen molar-refractivity contribution in [2.75, 3.05) is 13.2 Å². The third kappa shape index (κ3) is 4.64. The van der Waals surface area contributed by atoms with E-state index in [2.05, 4.69) is 10.3 Å². The minimum absolute atomic E-state index is 0.129. The molecule has 0 spiro atoms. The zero-order valence-corrected chi connectivity index (χ0v) is 11.4. The lowest BCUT2D eigenvalue weighted by atomic mass is 10.0. The van der Waals surface area contributed by atoms with Crippen LogP contribution >= 0.6 is 0 Å².